The molecule has 104 valence electrons. The molecule has 1 aliphatic heterocycles. The van der Waals surface area contributed by atoms with E-state index in [4.69, 9.17) is 4.74 Å². The number of rotatable bonds is 3. The molecule has 1 saturated heterocycles. The molecule has 1 saturated carbocycles. The summed E-state index contributed by atoms with van der Waals surface area (Å²) in [6.07, 6.45) is 9.94. The van der Waals surface area contributed by atoms with Crippen molar-refractivity contribution in [3.63, 3.8) is 0 Å². The van der Waals surface area contributed by atoms with Crippen LogP contribution < -0.4 is 0 Å². The summed E-state index contributed by atoms with van der Waals surface area (Å²) < 4.78 is 5.13. The molecule has 0 aromatic heterocycles. The van der Waals surface area contributed by atoms with E-state index in [9.17, 15) is 4.79 Å². The number of hydrogen-bond acceptors (Lipinski definition) is 3. The Kier molecular flexibility index (Phi) is 5.48. The summed E-state index contributed by atoms with van der Waals surface area (Å²) in [4.78, 5) is 14.4. The lowest BCUT2D eigenvalue weighted by molar-refractivity contribution is -0.149. The van der Waals surface area contributed by atoms with E-state index in [0.717, 1.165) is 18.9 Å². The van der Waals surface area contributed by atoms with Crippen LogP contribution in [0.25, 0.3) is 0 Å². The number of carbonyl (C=O) groups excluding carboxylic acids is 1. The molecule has 0 radical (unpaired) electrons. The molecule has 0 unspecified atom stereocenters. The van der Waals surface area contributed by atoms with Gasteiger partial charge in [-0.1, -0.05) is 12.8 Å². The van der Waals surface area contributed by atoms with E-state index >= 15 is 0 Å². The number of nitrogens with zero attached hydrogens (tertiary/aromatic N) is 1. The maximum atomic E-state index is 11.7. The van der Waals surface area contributed by atoms with Gasteiger partial charge < -0.3 is 9.64 Å². The minimum absolute atomic E-state index is 0.0341. The first kappa shape index (κ1) is 13.9. The van der Waals surface area contributed by atoms with Gasteiger partial charge in [0.2, 0.25) is 0 Å². The molecule has 2 aliphatic rings. The highest BCUT2D eigenvalue weighted by Gasteiger charge is 2.30. The third kappa shape index (κ3) is 3.71. The maximum Gasteiger partial charge on any atom is 0.308 e. The van der Waals surface area contributed by atoms with Crippen LogP contribution in [0.15, 0.2) is 0 Å². The standard InChI is InChI=1S/C15H27NO2/c1-2-18-15(17)13-7-9-14(10-8-13)16-11-5-3-4-6-12-16/h13-14H,2-12H2,1H3. The monoisotopic (exact) mass is 253 g/mol. The van der Waals surface area contributed by atoms with Crippen LogP contribution in [0, 0.1) is 5.92 Å². The zero-order valence-corrected chi connectivity index (χ0v) is 11.7. The van der Waals surface area contributed by atoms with Crippen LogP contribution in [0.3, 0.4) is 0 Å². The topological polar surface area (TPSA) is 29.5 Å². The van der Waals surface area contributed by atoms with Gasteiger partial charge in [-0.15, -0.1) is 0 Å². The molecule has 0 aromatic rings. The van der Waals surface area contributed by atoms with E-state index in [1.807, 2.05) is 6.92 Å². The molecule has 0 amide bonds. The van der Waals surface area contributed by atoms with Gasteiger partial charge in [-0.3, -0.25) is 4.79 Å². The fraction of sp³-hybridized carbons (Fsp3) is 0.933. The second-order valence-corrected chi connectivity index (χ2v) is 5.71. The first-order valence-corrected chi connectivity index (χ1v) is 7.72. The number of ether oxygens (including phenoxy) is 1. The Hall–Kier alpha value is -0.570. The Morgan fingerprint density at radius 3 is 2.22 bits per heavy atom. The van der Waals surface area contributed by atoms with Crippen molar-refractivity contribution >= 4 is 5.97 Å². The predicted molar refractivity (Wildman–Crippen MR) is 72.4 cm³/mol. The van der Waals surface area contributed by atoms with Crippen molar-refractivity contribution in [2.75, 3.05) is 19.7 Å². The number of hydrogen-bond donors (Lipinski definition) is 0. The Bertz CT molecular complexity index is 251. The van der Waals surface area contributed by atoms with E-state index in [1.165, 1.54) is 51.6 Å². The van der Waals surface area contributed by atoms with E-state index in [0.29, 0.717) is 6.61 Å². The largest absolute Gasteiger partial charge is 0.466 e. The minimum Gasteiger partial charge on any atom is -0.466 e. The fourth-order valence-electron chi connectivity index (χ4n) is 3.40. The molecule has 0 bridgehead atoms. The lowest BCUT2D eigenvalue weighted by atomic mass is 9.85. The highest BCUT2D eigenvalue weighted by atomic mass is 16.5. The summed E-state index contributed by atoms with van der Waals surface area (Å²) in [6.45, 7) is 4.95. The van der Waals surface area contributed by atoms with Crippen molar-refractivity contribution in [1.29, 1.82) is 0 Å². The average molecular weight is 253 g/mol. The van der Waals surface area contributed by atoms with Crippen LogP contribution in [-0.4, -0.2) is 36.6 Å². The molecular formula is C15H27NO2. The van der Waals surface area contributed by atoms with E-state index < -0.39 is 0 Å². The Morgan fingerprint density at radius 2 is 1.67 bits per heavy atom. The van der Waals surface area contributed by atoms with Crippen LogP contribution in [0.5, 0.6) is 0 Å². The lowest BCUT2D eigenvalue weighted by Crippen LogP contribution is -2.39. The lowest BCUT2D eigenvalue weighted by Gasteiger charge is -2.35. The van der Waals surface area contributed by atoms with Crippen molar-refractivity contribution in [2.45, 2.75) is 64.3 Å². The van der Waals surface area contributed by atoms with Gasteiger partial charge in [-0.2, -0.15) is 0 Å². The third-order valence-corrected chi connectivity index (χ3v) is 4.47. The van der Waals surface area contributed by atoms with Crippen molar-refractivity contribution in [3.05, 3.63) is 0 Å². The second-order valence-electron chi connectivity index (χ2n) is 5.71. The highest BCUT2D eigenvalue weighted by Crippen LogP contribution is 2.29. The van der Waals surface area contributed by atoms with Gasteiger partial charge in [0, 0.05) is 6.04 Å². The number of likely N-dealkylation sites (tertiary alicyclic amines) is 1. The molecule has 2 rings (SSSR count). The SMILES string of the molecule is CCOC(=O)C1CCC(N2CCCCCC2)CC1. The molecule has 0 aromatic carbocycles. The Morgan fingerprint density at radius 1 is 1.06 bits per heavy atom. The molecule has 1 heterocycles. The van der Waals surface area contributed by atoms with Gasteiger partial charge in [0.15, 0.2) is 0 Å². The zero-order valence-electron chi connectivity index (χ0n) is 11.7. The summed E-state index contributed by atoms with van der Waals surface area (Å²) in [7, 11) is 0. The fourth-order valence-corrected chi connectivity index (χ4v) is 3.40. The summed E-state index contributed by atoms with van der Waals surface area (Å²) in [5, 5.41) is 0. The second kappa shape index (κ2) is 7.13. The first-order chi connectivity index (χ1) is 8.81. The molecule has 0 atom stereocenters. The number of esters is 1. The van der Waals surface area contributed by atoms with Gasteiger partial charge >= 0.3 is 5.97 Å². The first-order valence-electron chi connectivity index (χ1n) is 7.72. The minimum atomic E-state index is 0.0341. The number of carbonyl (C=O) groups is 1. The summed E-state index contributed by atoms with van der Waals surface area (Å²) in [5.74, 6) is 0.208. The van der Waals surface area contributed by atoms with E-state index in [1.54, 1.807) is 0 Å². The molecule has 3 heteroatoms. The smallest absolute Gasteiger partial charge is 0.308 e. The van der Waals surface area contributed by atoms with Crippen LogP contribution >= 0.6 is 0 Å². The maximum absolute atomic E-state index is 11.7. The van der Waals surface area contributed by atoms with Gasteiger partial charge in [-0.05, 0) is 58.5 Å². The normalized spacial score (nSPS) is 30.7. The van der Waals surface area contributed by atoms with Crippen LogP contribution in [0.1, 0.15) is 58.3 Å². The average Bonchev–Trinajstić information content (AvgIpc) is 2.68. The van der Waals surface area contributed by atoms with Crippen molar-refractivity contribution < 1.29 is 9.53 Å². The van der Waals surface area contributed by atoms with Gasteiger partial charge in [0.05, 0.1) is 12.5 Å². The van der Waals surface area contributed by atoms with Gasteiger partial charge in [0.1, 0.15) is 0 Å². The quantitative estimate of drug-likeness (QED) is 0.724. The van der Waals surface area contributed by atoms with Crippen molar-refractivity contribution in [1.82, 2.24) is 4.90 Å². The third-order valence-electron chi connectivity index (χ3n) is 4.47. The van der Waals surface area contributed by atoms with Gasteiger partial charge in [-0.25, -0.2) is 0 Å². The van der Waals surface area contributed by atoms with Crippen molar-refractivity contribution in [3.8, 4) is 0 Å². The molecule has 3 nitrogen and oxygen atoms in total. The van der Waals surface area contributed by atoms with Crippen LogP contribution in [0.4, 0.5) is 0 Å². The Labute approximate surface area is 111 Å². The van der Waals surface area contributed by atoms with Crippen LogP contribution in [0.2, 0.25) is 0 Å². The molecule has 18 heavy (non-hydrogen) atoms. The van der Waals surface area contributed by atoms with E-state index in [2.05, 4.69) is 4.90 Å². The van der Waals surface area contributed by atoms with Gasteiger partial charge in [0.25, 0.3) is 0 Å². The highest BCUT2D eigenvalue weighted by molar-refractivity contribution is 5.72. The molecular weight excluding hydrogens is 226 g/mol. The molecule has 0 N–H and O–H groups in total. The summed E-state index contributed by atoms with van der Waals surface area (Å²) >= 11 is 0. The molecule has 2 fully saturated rings. The summed E-state index contributed by atoms with van der Waals surface area (Å²) in [5.41, 5.74) is 0. The molecule has 0 spiro atoms. The summed E-state index contributed by atoms with van der Waals surface area (Å²) in [6, 6.07) is 0.730. The van der Waals surface area contributed by atoms with Crippen molar-refractivity contribution in [2.24, 2.45) is 5.92 Å². The Balaban J connectivity index is 1.76. The van der Waals surface area contributed by atoms with E-state index in [-0.39, 0.29) is 11.9 Å². The zero-order chi connectivity index (χ0) is 12.8. The predicted octanol–water partition coefficient (Wildman–Crippen LogP) is 2.98. The van der Waals surface area contributed by atoms with Crippen LogP contribution in [-0.2, 0) is 9.53 Å². The molecule has 1 aliphatic carbocycles.